The molecular formula is C22H27ClN4. The zero-order valence-corrected chi connectivity index (χ0v) is 16.6. The fraction of sp³-hybridized carbons (Fsp3) is 0.409. The number of nitrogens with one attached hydrogen (secondary N) is 2. The smallest absolute Gasteiger partial charge is 0.130 e. The molecule has 4 rings (SSSR count). The molecule has 142 valence electrons. The van der Waals surface area contributed by atoms with Crippen LogP contribution < -0.4 is 10.6 Å². The van der Waals surface area contributed by atoms with E-state index in [1.165, 1.54) is 24.8 Å². The van der Waals surface area contributed by atoms with Crippen LogP contribution in [0.3, 0.4) is 0 Å². The Kier molecular flexibility index (Phi) is 5.37. The Bertz CT molecular complexity index is 835. The van der Waals surface area contributed by atoms with Crippen molar-refractivity contribution < 1.29 is 0 Å². The molecule has 0 radical (unpaired) electrons. The lowest BCUT2D eigenvalue weighted by Gasteiger charge is -2.43. The third-order valence-corrected chi connectivity index (χ3v) is 5.73. The van der Waals surface area contributed by atoms with Crippen molar-refractivity contribution >= 4 is 28.8 Å². The number of likely N-dealkylation sites (tertiary alicyclic amines) is 1. The van der Waals surface area contributed by atoms with Crippen LogP contribution in [0.15, 0.2) is 53.5 Å². The molecule has 0 bridgehead atoms. The lowest BCUT2D eigenvalue weighted by molar-refractivity contribution is 0.257. The zero-order valence-electron chi connectivity index (χ0n) is 15.8. The SMILES string of the molecule is CN1CCCCCC2(C1)Nc1ccccc1N=C2NCc1cccc(Cl)c1. The van der Waals surface area contributed by atoms with Crippen molar-refractivity contribution in [3.8, 4) is 0 Å². The summed E-state index contributed by atoms with van der Waals surface area (Å²) in [5.41, 5.74) is 3.11. The van der Waals surface area contributed by atoms with Gasteiger partial charge in [-0.1, -0.05) is 48.7 Å². The number of fused-ring (bicyclic) bond motifs is 1. The molecule has 2 heterocycles. The van der Waals surface area contributed by atoms with Crippen LogP contribution in [0.2, 0.25) is 5.02 Å². The average Bonchev–Trinajstić information content (AvgIpc) is 2.64. The summed E-state index contributed by atoms with van der Waals surface area (Å²) in [6, 6.07) is 16.3. The third-order valence-electron chi connectivity index (χ3n) is 5.50. The van der Waals surface area contributed by atoms with E-state index in [9.17, 15) is 0 Å². The minimum absolute atomic E-state index is 0.178. The molecule has 1 fully saturated rings. The minimum Gasteiger partial charge on any atom is -0.370 e. The first kappa shape index (κ1) is 18.3. The second-order valence-corrected chi connectivity index (χ2v) is 8.15. The van der Waals surface area contributed by atoms with Crippen LogP contribution in [-0.4, -0.2) is 36.4 Å². The molecule has 0 saturated carbocycles. The van der Waals surface area contributed by atoms with E-state index in [4.69, 9.17) is 16.6 Å². The maximum Gasteiger partial charge on any atom is 0.130 e. The molecule has 1 saturated heterocycles. The summed E-state index contributed by atoms with van der Waals surface area (Å²) in [5, 5.41) is 8.25. The van der Waals surface area contributed by atoms with Crippen molar-refractivity contribution in [2.75, 3.05) is 25.5 Å². The predicted octanol–water partition coefficient (Wildman–Crippen LogP) is 4.83. The van der Waals surface area contributed by atoms with E-state index in [-0.39, 0.29) is 5.54 Å². The number of rotatable bonds is 2. The normalized spacial score (nSPS) is 23.0. The molecule has 2 aliphatic rings. The Balaban J connectivity index is 1.65. The molecule has 27 heavy (non-hydrogen) atoms. The minimum atomic E-state index is -0.178. The van der Waals surface area contributed by atoms with Crippen LogP contribution in [0.25, 0.3) is 0 Å². The molecule has 2 N–H and O–H groups in total. The maximum atomic E-state index is 6.16. The molecule has 0 aliphatic carbocycles. The van der Waals surface area contributed by atoms with Gasteiger partial charge in [0.25, 0.3) is 0 Å². The molecule has 1 unspecified atom stereocenters. The van der Waals surface area contributed by atoms with E-state index in [0.717, 1.165) is 41.7 Å². The highest BCUT2D eigenvalue weighted by Gasteiger charge is 2.40. The van der Waals surface area contributed by atoms with Crippen molar-refractivity contribution in [1.29, 1.82) is 0 Å². The molecular weight excluding hydrogens is 356 g/mol. The van der Waals surface area contributed by atoms with Gasteiger partial charge in [-0.25, -0.2) is 4.99 Å². The maximum absolute atomic E-state index is 6.16. The Morgan fingerprint density at radius 1 is 1.15 bits per heavy atom. The number of aliphatic imine (C=N–C) groups is 1. The number of para-hydroxylation sites is 2. The van der Waals surface area contributed by atoms with Gasteiger partial charge < -0.3 is 15.5 Å². The van der Waals surface area contributed by atoms with E-state index >= 15 is 0 Å². The quantitative estimate of drug-likeness (QED) is 0.781. The van der Waals surface area contributed by atoms with E-state index in [1.54, 1.807) is 0 Å². The molecule has 0 amide bonds. The topological polar surface area (TPSA) is 39.7 Å². The van der Waals surface area contributed by atoms with Gasteiger partial charge in [0, 0.05) is 18.1 Å². The number of anilines is 1. The summed E-state index contributed by atoms with van der Waals surface area (Å²) in [6.45, 7) is 2.80. The van der Waals surface area contributed by atoms with Crippen molar-refractivity contribution in [1.82, 2.24) is 10.2 Å². The van der Waals surface area contributed by atoms with Gasteiger partial charge >= 0.3 is 0 Å². The first-order chi connectivity index (χ1) is 13.1. The van der Waals surface area contributed by atoms with Gasteiger partial charge in [-0.2, -0.15) is 0 Å². The van der Waals surface area contributed by atoms with Gasteiger partial charge in [0.1, 0.15) is 11.4 Å². The number of amidine groups is 1. The van der Waals surface area contributed by atoms with Crippen LogP contribution in [0, 0.1) is 0 Å². The summed E-state index contributed by atoms with van der Waals surface area (Å²) in [5.74, 6) is 1.04. The predicted molar refractivity (Wildman–Crippen MR) is 114 cm³/mol. The fourth-order valence-electron chi connectivity index (χ4n) is 4.16. The van der Waals surface area contributed by atoms with Gasteiger partial charge in [-0.15, -0.1) is 0 Å². The molecule has 0 aromatic heterocycles. The zero-order chi connectivity index (χ0) is 18.7. The molecule has 5 heteroatoms. The largest absolute Gasteiger partial charge is 0.370 e. The Morgan fingerprint density at radius 2 is 2.04 bits per heavy atom. The Hall–Kier alpha value is -2.04. The summed E-state index contributed by atoms with van der Waals surface area (Å²) in [4.78, 5) is 7.48. The first-order valence-corrected chi connectivity index (χ1v) is 10.2. The molecule has 2 aliphatic heterocycles. The molecule has 2 aromatic rings. The molecule has 2 aromatic carbocycles. The number of likely N-dealkylation sites (N-methyl/N-ethyl adjacent to an activating group) is 1. The molecule has 1 atom stereocenters. The lowest BCUT2D eigenvalue weighted by Crippen LogP contribution is -2.60. The molecule has 4 nitrogen and oxygen atoms in total. The van der Waals surface area contributed by atoms with Crippen LogP contribution in [0.1, 0.15) is 31.2 Å². The van der Waals surface area contributed by atoms with E-state index in [0.29, 0.717) is 6.54 Å². The van der Waals surface area contributed by atoms with Gasteiger partial charge in [-0.3, -0.25) is 0 Å². The third kappa shape index (κ3) is 4.12. The van der Waals surface area contributed by atoms with Crippen molar-refractivity contribution in [2.24, 2.45) is 4.99 Å². The van der Waals surface area contributed by atoms with E-state index in [2.05, 4.69) is 46.8 Å². The highest BCUT2D eigenvalue weighted by molar-refractivity contribution is 6.30. The standard InChI is InChI=1S/C22H27ClN4/c1-27-13-6-2-5-12-22(16-27)21(24-15-17-8-7-9-18(23)14-17)25-19-10-3-4-11-20(19)26-22/h3-4,7-11,14,26H,2,5-6,12-13,15-16H2,1H3,(H,24,25). The summed E-state index contributed by atoms with van der Waals surface area (Å²) >= 11 is 6.16. The van der Waals surface area contributed by atoms with Crippen molar-refractivity contribution in [3.05, 3.63) is 59.1 Å². The molecule has 1 spiro atoms. The van der Waals surface area contributed by atoms with E-state index < -0.39 is 0 Å². The number of nitrogens with zero attached hydrogens (tertiary/aromatic N) is 2. The number of hydrogen-bond donors (Lipinski definition) is 2. The second-order valence-electron chi connectivity index (χ2n) is 7.72. The highest BCUT2D eigenvalue weighted by Crippen LogP contribution is 2.36. The number of benzene rings is 2. The van der Waals surface area contributed by atoms with E-state index in [1.807, 2.05) is 24.3 Å². The lowest BCUT2D eigenvalue weighted by atomic mass is 9.86. The monoisotopic (exact) mass is 382 g/mol. The van der Waals surface area contributed by atoms with Crippen LogP contribution >= 0.6 is 11.6 Å². The van der Waals surface area contributed by atoms with Crippen LogP contribution in [0.5, 0.6) is 0 Å². The summed E-state index contributed by atoms with van der Waals surface area (Å²) < 4.78 is 0. The van der Waals surface area contributed by atoms with Crippen LogP contribution in [-0.2, 0) is 6.54 Å². The first-order valence-electron chi connectivity index (χ1n) is 9.78. The number of halogens is 1. The van der Waals surface area contributed by atoms with Crippen molar-refractivity contribution in [3.63, 3.8) is 0 Å². The number of hydrogen-bond acceptors (Lipinski definition) is 4. The summed E-state index contributed by atoms with van der Waals surface area (Å²) in [6.07, 6.45) is 4.82. The van der Waals surface area contributed by atoms with Gasteiger partial charge in [0.15, 0.2) is 0 Å². The second kappa shape index (κ2) is 7.91. The van der Waals surface area contributed by atoms with Gasteiger partial charge in [0.05, 0.1) is 11.4 Å². The van der Waals surface area contributed by atoms with Crippen LogP contribution in [0.4, 0.5) is 11.4 Å². The summed E-state index contributed by atoms with van der Waals surface area (Å²) in [7, 11) is 2.21. The Labute approximate surface area is 166 Å². The van der Waals surface area contributed by atoms with Gasteiger partial charge in [0.2, 0.25) is 0 Å². The fourth-order valence-corrected chi connectivity index (χ4v) is 4.38. The van der Waals surface area contributed by atoms with Crippen molar-refractivity contribution in [2.45, 2.75) is 37.8 Å². The average molecular weight is 383 g/mol. The Morgan fingerprint density at radius 3 is 2.93 bits per heavy atom. The van der Waals surface area contributed by atoms with Gasteiger partial charge in [-0.05, 0) is 56.3 Å². The highest BCUT2D eigenvalue weighted by atomic mass is 35.5.